The molecule has 0 aromatic carbocycles. The normalized spacial score (nSPS) is 10.5. The van der Waals surface area contributed by atoms with E-state index in [2.05, 4.69) is 15.4 Å². The number of nitrogens with two attached hydrogens (primary N) is 1. The Kier molecular flexibility index (Phi) is 3.91. The van der Waals surface area contributed by atoms with Gasteiger partial charge in [-0.1, -0.05) is 6.07 Å². The molecule has 6 nitrogen and oxygen atoms in total. The van der Waals surface area contributed by atoms with E-state index in [4.69, 9.17) is 5.73 Å². The van der Waals surface area contributed by atoms with Crippen LogP contribution < -0.4 is 11.1 Å². The van der Waals surface area contributed by atoms with Crippen LogP contribution in [0, 0.1) is 6.92 Å². The number of nitrogens with zero attached hydrogens (tertiary/aromatic N) is 3. The maximum absolute atomic E-state index is 11.5. The molecule has 0 atom stereocenters. The predicted octanol–water partition coefficient (Wildman–Crippen LogP) is 0.437. The predicted molar refractivity (Wildman–Crippen MR) is 72.2 cm³/mol. The summed E-state index contributed by atoms with van der Waals surface area (Å²) in [7, 11) is 1.58. The summed E-state index contributed by atoms with van der Waals surface area (Å²) in [5.41, 5.74) is 7.99. The summed E-state index contributed by atoms with van der Waals surface area (Å²) in [5.74, 6) is 0.507. The maximum Gasteiger partial charge on any atom is 0.271 e. The molecule has 0 saturated carbocycles. The minimum absolute atomic E-state index is 0.212. The smallest absolute Gasteiger partial charge is 0.271 e. The van der Waals surface area contributed by atoms with E-state index in [1.807, 2.05) is 13.0 Å². The maximum atomic E-state index is 11.5. The van der Waals surface area contributed by atoms with E-state index in [1.54, 1.807) is 30.2 Å². The number of aryl methyl sites for hydroxylation is 1. The van der Waals surface area contributed by atoms with E-state index >= 15 is 0 Å². The van der Waals surface area contributed by atoms with Crippen molar-refractivity contribution in [2.75, 3.05) is 13.6 Å². The molecule has 0 unspecified atom stereocenters. The zero-order chi connectivity index (χ0) is 13.8. The number of carbonyl (C=O) groups excluding carboxylic acids is 1. The van der Waals surface area contributed by atoms with Crippen molar-refractivity contribution in [3.8, 4) is 5.82 Å². The number of aromatic nitrogens is 3. The van der Waals surface area contributed by atoms with Crippen LogP contribution in [0.15, 0.2) is 24.5 Å². The van der Waals surface area contributed by atoms with Crippen molar-refractivity contribution < 1.29 is 4.79 Å². The lowest BCUT2D eigenvalue weighted by Crippen LogP contribution is -2.18. The van der Waals surface area contributed by atoms with Crippen LogP contribution in [-0.2, 0) is 6.42 Å². The fourth-order valence-electron chi connectivity index (χ4n) is 1.86. The minimum Gasteiger partial charge on any atom is -0.354 e. The van der Waals surface area contributed by atoms with Crippen molar-refractivity contribution in [1.82, 2.24) is 20.1 Å². The topological polar surface area (TPSA) is 85.8 Å². The molecule has 6 heteroatoms. The first kappa shape index (κ1) is 13.2. The van der Waals surface area contributed by atoms with Crippen molar-refractivity contribution in [1.29, 1.82) is 0 Å². The molecule has 0 aliphatic rings. The van der Waals surface area contributed by atoms with Crippen LogP contribution in [0.1, 0.15) is 21.6 Å². The van der Waals surface area contributed by atoms with Crippen LogP contribution >= 0.6 is 0 Å². The largest absolute Gasteiger partial charge is 0.354 e. The Morgan fingerprint density at radius 2 is 2.32 bits per heavy atom. The van der Waals surface area contributed by atoms with Crippen molar-refractivity contribution in [2.24, 2.45) is 5.73 Å². The Bertz CT molecular complexity index is 590. The van der Waals surface area contributed by atoms with Gasteiger partial charge < -0.3 is 11.1 Å². The van der Waals surface area contributed by atoms with Crippen molar-refractivity contribution in [3.05, 3.63) is 41.3 Å². The van der Waals surface area contributed by atoms with Gasteiger partial charge in [-0.25, -0.2) is 9.67 Å². The summed E-state index contributed by atoms with van der Waals surface area (Å²) < 4.78 is 1.60. The highest BCUT2D eigenvalue weighted by Gasteiger charge is 2.10. The molecule has 0 aliphatic heterocycles. The third-order valence-corrected chi connectivity index (χ3v) is 2.81. The highest BCUT2D eigenvalue weighted by atomic mass is 16.1. The lowest BCUT2D eigenvalue weighted by Gasteiger charge is -2.06. The number of amides is 1. The Morgan fingerprint density at radius 3 is 2.95 bits per heavy atom. The highest BCUT2D eigenvalue weighted by molar-refractivity contribution is 5.91. The summed E-state index contributed by atoms with van der Waals surface area (Å²) in [5, 5.41) is 6.74. The average molecular weight is 259 g/mol. The monoisotopic (exact) mass is 259 g/mol. The van der Waals surface area contributed by atoms with Gasteiger partial charge in [-0.3, -0.25) is 4.79 Å². The van der Waals surface area contributed by atoms with Crippen molar-refractivity contribution in [2.45, 2.75) is 13.3 Å². The first-order valence-corrected chi connectivity index (χ1v) is 6.09. The lowest BCUT2D eigenvalue weighted by molar-refractivity contribution is 0.0957. The van der Waals surface area contributed by atoms with Gasteiger partial charge >= 0.3 is 0 Å². The van der Waals surface area contributed by atoms with Crippen LogP contribution in [-0.4, -0.2) is 34.3 Å². The Hall–Kier alpha value is -2.21. The molecular formula is C13H17N5O. The second kappa shape index (κ2) is 5.62. The molecule has 0 bridgehead atoms. The fourth-order valence-corrected chi connectivity index (χ4v) is 1.86. The molecule has 2 aromatic rings. The Labute approximate surface area is 111 Å². The van der Waals surface area contributed by atoms with E-state index < -0.39 is 0 Å². The van der Waals surface area contributed by atoms with Crippen LogP contribution in [0.25, 0.3) is 5.82 Å². The van der Waals surface area contributed by atoms with Gasteiger partial charge in [0.05, 0.1) is 0 Å². The average Bonchev–Trinajstić information content (AvgIpc) is 2.88. The van der Waals surface area contributed by atoms with Gasteiger partial charge in [0.15, 0.2) is 11.5 Å². The molecule has 2 aromatic heterocycles. The zero-order valence-corrected chi connectivity index (χ0v) is 11.1. The van der Waals surface area contributed by atoms with E-state index in [1.165, 1.54) is 0 Å². The summed E-state index contributed by atoms with van der Waals surface area (Å²) in [4.78, 5) is 15.8. The molecular weight excluding hydrogens is 242 g/mol. The van der Waals surface area contributed by atoms with Gasteiger partial charge in [-0.05, 0) is 37.1 Å². The number of nitrogens with one attached hydrogen (secondary N) is 1. The van der Waals surface area contributed by atoms with Gasteiger partial charge in [0.25, 0.3) is 5.91 Å². The van der Waals surface area contributed by atoms with E-state index in [0.717, 1.165) is 23.4 Å². The van der Waals surface area contributed by atoms with Crippen LogP contribution in [0.5, 0.6) is 0 Å². The summed E-state index contributed by atoms with van der Waals surface area (Å²) >= 11 is 0. The van der Waals surface area contributed by atoms with E-state index in [-0.39, 0.29) is 5.91 Å². The number of pyridine rings is 1. The first-order chi connectivity index (χ1) is 9.15. The molecule has 100 valence electrons. The van der Waals surface area contributed by atoms with E-state index in [0.29, 0.717) is 12.2 Å². The van der Waals surface area contributed by atoms with Crippen molar-refractivity contribution in [3.63, 3.8) is 0 Å². The second-order valence-corrected chi connectivity index (χ2v) is 4.25. The molecule has 0 aliphatic carbocycles. The van der Waals surface area contributed by atoms with E-state index in [9.17, 15) is 4.79 Å². The SMILES string of the molecule is CNC(=O)c1ccn(-c2ncc(CCN)cc2C)n1. The van der Waals surface area contributed by atoms with Crippen LogP contribution in [0.4, 0.5) is 0 Å². The first-order valence-electron chi connectivity index (χ1n) is 6.09. The van der Waals surface area contributed by atoms with Gasteiger partial charge in [-0.2, -0.15) is 5.10 Å². The Balaban J connectivity index is 2.31. The third kappa shape index (κ3) is 2.79. The summed E-state index contributed by atoms with van der Waals surface area (Å²) in [6.07, 6.45) is 4.32. The number of carbonyl (C=O) groups is 1. The summed E-state index contributed by atoms with van der Waals surface area (Å²) in [6, 6.07) is 3.70. The highest BCUT2D eigenvalue weighted by Crippen LogP contribution is 2.12. The summed E-state index contributed by atoms with van der Waals surface area (Å²) in [6.45, 7) is 2.56. The zero-order valence-electron chi connectivity index (χ0n) is 11.1. The molecule has 0 fully saturated rings. The number of hydrogen-bond acceptors (Lipinski definition) is 4. The van der Waals surface area contributed by atoms with Gasteiger partial charge in [-0.15, -0.1) is 0 Å². The second-order valence-electron chi connectivity index (χ2n) is 4.25. The number of hydrogen-bond donors (Lipinski definition) is 2. The molecule has 2 heterocycles. The molecule has 0 saturated heterocycles. The molecule has 0 spiro atoms. The molecule has 19 heavy (non-hydrogen) atoms. The number of rotatable bonds is 4. The quantitative estimate of drug-likeness (QED) is 0.834. The molecule has 0 radical (unpaired) electrons. The van der Waals surface area contributed by atoms with Gasteiger partial charge in [0, 0.05) is 19.4 Å². The lowest BCUT2D eigenvalue weighted by atomic mass is 10.1. The standard InChI is InChI=1S/C13H17N5O/c1-9-7-10(3-5-14)8-16-12(9)18-6-4-11(17-18)13(19)15-2/h4,6-8H,3,5,14H2,1-2H3,(H,15,19). The minimum atomic E-state index is -0.212. The fraction of sp³-hybridized carbons (Fsp3) is 0.308. The molecule has 2 rings (SSSR count). The molecule has 1 amide bonds. The molecule has 3 N–H and O–H groups in total. The van der Waals surface area contributed by atoms with Crippen LogP contribution in [0.2, 0.25) is 0 Å². The third-order valence-electron chi connectivity index (χ3n) is 2.81. The van der Waals surface area contributed by atoms with Crippen molar-refractivity contribution >= 4 is 5.91 Å². The van der Waals surface area contributed by atoms with Crippen LogP contribution in [0.3, 0.4) is 0 Å². The van der Waals surface area contributed by atoms with Gasteiger partial charge in [0.1, 0.15) is 0 Å². The Morgan fingerprint density at radius 1 is 1.53 bits per heavy atom. The van der Waals surface area contributed by atoms with Gasteiger partial charge in [0.2, 0.25) is 0 Å².